The van der Waals surface area contributed by atoms with Gasteiger partial charge in [-0.2, -0.15) is 0 Å². The van der Waals surface area contributed by atoms with Gasteiger partial charge in [-0.05, 0) is 50.0 Å². The second kappa shape index (κ2) is 9.06. The number of hydrogen-bond acceptors (Lipinski definition) is 5. The number of hydrogen-bond donors (Lipinski definition) is 1. The summed E-state index contributed by atoms with van der Waals surface area (Å²) in [4.78, 5) is 14.8. The fraction of sp³-hybridized carbons (Fsp3) is 0.526. The maximum absolute atomic E-state index is 12.4. The molecule has 2 heterocycles. The molecule has 0 aliphatic carbocycles. The van der Waals surface area contributed by atoms with Crippen LogP contribution in [0.25, 0.3) is 0 Å². The highest BCUT2D eigenvalue weighted by atomic mass is 32.1. The van der Waals surface area contributed by atoms with E-state index in [2.05, 4.69) is 39.5 Å². The molecule has 0 spiro atoms. The number of nitrogens with one attached hydrogen (secondary N) is 1. The zero-order valence-corrected chi connectivity index (χ0v) is 15.6. The molecule has 5 nitrogen and oxygen atoms in total. The van der Waals surface area contributed by atoms with Crippen LogP contribution in [0, 0.1) is 0 Å². The molecule has 0 unspecified atom stereocenters. The highest BCUT2D eigenvalue weighted by molar-refractivity contribution is 7.15. The van der Waals surface area contributed by atoms with Crippen molar-refractivity contribution >= 4 is 22.4 Å². The van der Waals surface area contributed by atoms with Crippen LogP contribution in [-0.4, -0.2) is 34.1 Å². The zero-order valence-electron chi connectivity index (χ0n) is 14.8. The number of unbranched alkanes of at least 4 members (excludes halogenated alkanes) is 1. The van der Waals surface area contributed by atoms with Crippen molar-refractivity contribution in [1.29, 1.82) is 0 Å². The van der Waals surface area contributed by atoms with E-state index in [1.807, 2.05) is 12.1 Å². The first kappa shape index (κ1) is 18.0. The van der Waals surface area contributed by atoms with Crippen molar-refractivity contribution < 1.29 is 4.79 Å². The molecule has 0 saturated carbocycles. The Labute approximate surface area is 153 Å². The van der Waals surface area contributed by atoms with Crippen LogP contribution in [0.4, 0.5) is 5.13 Å². The largest absolute Gasteiger partial charge is 0.299 e. The summed E-state index contributed by atoms with van der Waals surface area (Å²) in [5.41, 5.74) is 1.92. The van der Waals surface area contributed by atoms with Crippen LogP contribution < -0.4 is 5.32 Å². The Kier molecular flexibility index (Phi) is 6.53. The Morgan fingerprint density at radius 2 is 1.92 bits per heavy atom. The normalized spacial score (nSPS) is 15.2. The van der Waals surface area contributed by atoms with Gasteiger partial charge in [-0.3, -0.25) is 15.0 Å². The van der Waals surface area contributed by atoms with E-state index in [4.69, 9.17) is 0 Å². The Morgan fingerprint density at radius 1 is 1.16 bits per heavy atom. The van der Waals surface area contributed by atoms with Gasteiger partial charge in [-0.1, -0.05) is 43.2 Å². The van der Waals surface area contributed by atoms with Crippen molar-refractivity contribution in [2.75, 3.05) is 18.4 Å². The van der Waals surface area contributed by atoms with Crippen molar-refractivity contribution in [3.05, 3.63) is 40.4 Å². The van der Waals surface area contributed by atoms with Crippen molar-refractivity contribution in [2.45, 2.75) is 52.0 Å². The second-order valence-electron chi connectivity index (χ2n) is 6.59. The predicted octanol–water partition coefficient (Wildman–Crippen LogP) is 4.12. The molecule has 25 heavy (non-hydrogen) atoms. The van der Waals surface area contributed by atoms with Gasteiger partial charge in [0, 0.05) is 18.5 Å². The number of aromatic nitrogens is 2. The van der Waals surface area contributed by atoms with Crippen molar-refractivity contribution in [1.82, 2.24) is 15.1 Å². The monoisotopic (exact) mass is 358 g/mol. The van der Waals surface area contributed by atoms with Crippen LogP contribution in [0.3, 0.4) is 0 Å². The van der Waals surface area contributed by atoms with Gasteiger partial charge in [-0.15, -0.1) is 10.2 Å². The molecular weight excluding hydrogens is 332 g/mol. The zero-order chi connectivity index (χ0) is 17.5. The van der Waals surface area contributed by atoms with E-state index >= 15 is 0 Å². The molecule has 3 rings (SSSR count). The van der Waals surface area contributed by atoms with Crippen LogP contribution in [0.15, 0.2) is 24.3 Å². The van der Waals surface area contributed by atoms with Crippen LogP contribution in [-0.2, 0) is 13.0 Å². The van der Waals surface area contributed by atoms with Crippen molar-refractivity contribution in [3.8, 4) is 0 Å². The Morgan fingerprint density at radius 3 is 2.64 bits per heavy atom. The van der Waals surface area contributed by atoms with Gasteiger partial charge in [0.15, 0.2) is 0 Å². The summed E-state index contributed by atoms with van der Waals surface area (Å²) in [5, 5.41) is 12.6. The van der Waals surface area contributed by atoms with E-state index < -0.39 is 0 Å². The van der Waals surface area contributed by atoms with E-state index in [1.165, 1.54) is 49.3 Å². The lowest BCUT2D eigenvalue weighted by Gasteiger charge is -2.26. The summed E-state index contributed by atoms with van der Waals surface area (Å²) in [5.74, 6) is -0.122. The first-order chi connectivity index (χ1) is 12.2. The number of likely N-dealkylation sites (tertiary alicyclic amines) is 1. The van der Waals surface area contributed by atoms with E-state index in [0.717, 1.165) is 30.8 Å². The molecule has 0 radical (unpaired) electrons. The SMILES string of the molecule is CCCCc1nnc(NC(=O)c2ccc(CN3CCCCC3)cc2)s1. The molecule has 134 valence electrons. The summed E-state index contributed by atoms with van der Waals surface area (Å²) >= 11 is 1.46. The maximum Gasteiger partial charge on any atom is 0.257 e. The van der Waals surface area contributed by atoms with Crippen molar-refractivity contribution in [3.63, 3.8) is 0 Å². The molecule has 1 saturated heterocycles. The second-order valence-corrected chi connectivity index (χ2v) is 7.65. The topological polar surface area (TPSA) is 58.1 Å². The van der Waals surface area contributed by atoms with E-state index in [9.17, 15) is 4.79 Å². The quantitative estimate of drug-likeness (QED) is 0.809. The molecule has 1 fully saturated rings. The van der Waals surface area contributed by atoms with E-state index in [-0.39, 0.29) is 5.91 Å². The molecule has 1 aliphatic heterocycles. The summed E-state index contributed by atoms with van der Waals surface area (Å²) in [7, 11) is 0. The first-order valence-electron chi connectivity index (χ1n) is 9.19. The number of benzene rings is 1. The minimum Gasteiger partial charge on any atom is -0.299 e. The highest BCUT2D eigenvalue weighted by Gasteiger charge is 2.12. The number of amides is 1. The average molecular weight is 359 g/mol. The third-order valence-electron chi connectivity index (χ3n) is 4.50. The predicted molar refractivity (Wildman–Crippen MR) is 102 cm³/mol. The van der Waals surface area contributed by atoms with Gasteiger partial charge in [0.2, 0.25) is 5.13 Å². The standard InChI is InChI=1S/C19H26N4OS/c1-2-3-7-17-21-22-19(25-17)20-18(24)16-10-8-15(9-11-16)14-23-12-5-4-6-13-23/h8-11H,2-7,12-14H2,1H3,(H,20,22,24). The molecule has 1 amide bonds. The molecule has 1 N–H and O–H groups in total. The third-order valence-corrected chi connectivity index (χ3v) is 5.40. The highest BCUT2D eigenvalue weighted by Crippen LogP contribution is 2.18. The van der Waals surface area contributed by atoms with Crippen molar-refractivity contribution in [2.24, 2.45) is 0 Å². The smallest absolute Gasteiger partial charge is 0.257 e. The molecule has 0 bridgehead atoms. The fourth-order valence-corrected chi connectivity index (χ4v) is 3.82. The van der Waals surface area contributed by atoms with Gasteiger partial charge in [0.25, 0.3) is 5.91 Å². The fourth-order valence-electron chi connectivity index (χ4n) is 3.04. The van der Waals surface area contributed by atoms with Gasteiger partial charge in [0.1, 0.15) is 5.01 Å². The third kappa shape index (κ3) is 5.34. The summed E-state index contributed by atoms with van der Waals surface area (Å²) in [6, 6.07) is 7.90. The number of carbonyl (C=O) groups is 1. The molecular formula is C19H26N4OS. The van der Waals surface area contributed by atoms with Gasteiger partial charge in [-0.25, -0.2) is 0 Å². The molecule has 1 aromatic heterocycles. The van der Waals surface area contributed by atoms with Gasteiger partial charge in [0.05, 0.1) is 0 Å². The van der Waals surface area contributed by atoms with E-state index in [1.54, 1.807) is 0 Å². The first-order valence-corrected chi connectivity index (χ1v) is 10.0. The number of anilines is 1. The molecule has 1 aliphatic rings. The lowest BCUT2D eigenvalue weighted by molar-refractivity contribution is 0.102. The summed E-state index contributed by atoms with van der Waals surface area (Å²) < 4.78 is 0. The molecule has 1 aromatic carbocycles. The van der Waals surface area contributed by atoms with Crippen LogP contribution in [0.5, 0.6) is 0 Å². The van der Waals surface area contributed by atoms with Crippen LogP contribution in [0.1, 0.15) is 60.0 Å². The van der Waals surface area contributed by atoms with Crippen LogP contribution >= 0.6 is 11.3 Å². The number of nitrogens with zero attached hydrogens (tertiary/aromatic N) is 3. The average Bonchev–Trinajstić information content (AvgIpc) is 3.08. The van der Waals surface area contributed by atoms with Gasteiger partial charge < -0.3 is 0 Å². The number of rotatable bonds is 7. The van der Waals surface area contributed by atoms with Gasteiger partial charge >= 0.3 is 0 Å². The lowest BCUT2D eigenvalue weighted by atomic mass is 10.1. The van der Waals surface area contributed by atoms with E-state index in [0.29, 0.717) is 10.7 Å². The molecule has 6 heteroatoms. The number of carbonyl (C=O) groups excluding carboxylic acids is 1. The lowest BCUT2D eigenvalue weighted by Crippen LogP contribution is -2.29. The summed E-state index contributed by atoms with van der Waals surface area (Å²) in [6.45, 7) is 5.48. The maximum atomic E-state index is 12.4. The number of piperidine rings is 1. The Bertz CT molecular complexity index is 677. The summed E-state index contributed by atoms with van der Waals surface area (Å²) in [6.07, 6.45) is 7.09. The Balaban J connectivity index is 1.54. The number of aryl methyl sites for hydroxylation is 1. The minimum absolute atomic E-state index is 0.122. The Hall–Kier alpha value is -1.79. The molecule has 0 atom stereocenters. The van der Waals surface area contributed by atoms with Crippen LogP contribution in [0.2, 0.25) is 0 Å². The molecule has 2 aromatic rings. The minimum atomic E-state index is -0.122.